The Balaban J connectivity index is 1.21. The maximum absolute atomic E-state index is 12.4. The van der Waals surface area contributed by atoms with E-state index in [-0.39, 0.29) is 5.91 Å². The molecule has 2 heterocycles. The third-order valence-corrected chi connectivity index (χ3v) is 6.24. The lowest BCUT2D eigenvalue weighted by molar-refractivity contribution is 0.0383. The molecule has 32 heavy (non-hydrogen) atoms. The van der Waals surface area contributed by atoms with E-state index < -0.39 is 0 Å². The van der Waals surface area contributed by atoms with Gasteiger partial charge in [0.25, 0.3) is 5.91 Å². The minimum absolute atomic E-state index is 0.00441. The van der Waals surface area contributed by atoms with Crippen LogP contribution in [0.1, 0.15) is 15.9 Å². The number of hydrogen-bond acceptors (Lipinski definition) is 6. The van der Waals surface area contributed by atoms with Gasteiger partial charge in [-0.15, -0.1) is 0 Å². The summed E-state index contributed by atoms with van der Waals surface area (Å²) in [6, 6.07) is 16.2. The second-order valence-electron chi connectivity index (χ2n) is 8.34. The van der Waals surface area contributed by atoms with E-state index in [2.05, 4.69) is 44.3 Å². The van der Waals surface area contributed by atoms with Crippen molar-refractivity contribution in [3.63, 3.8) is 0 Å². The Kier molecular flexibility index (Phi) is 7.98. The molecule has 2 aliphatic heterocycles. The number of piperazine rings is 1. The SMILES string of the molecule is COc1ccccc1N1CCN(Cc2ccc(C(=O)NCCN3CCOCC3)cc2)CC1. The van der Waals surface area contributed by atoms with Gasteiger partial charge in [0.15, 0.2) is 0 Å². The number of methoxy groups -OCH3 is 1. The molecule has 2 aromatic carbocycles. The van der Waals surface area contributed by atoms with E-state index in [0.717, 1.165) is 76.9 Å². The summed E-state index contributed by atoms with van der Waals surface area (Å²) in [4.78, 5) is 19.6. The van der Waals surface area contributed by atoms with Gasteiger partial charge in [0, 0.05) is 64.5 Å². The fourth-order valence-corrected chi connectivity index (χ4v) is 4.31. The number of carbonyl (C=O) groups excluding carboxylic acids is 1. The molecule has 4 rings (SSSR count). The Morgan fingerprint density at radius 1 is 0.938 bits per heavy atom. The highest BCUT2D eigenvalue weighted by molar-refractivity contribution is 5.94. The highest BCUT2D eigenvalue weighted by Gasteiger charge is 2.19. The van der Waals surface area contributed by atoms with Crippen LogP contribution in [0.4, 0.5) is 5.69 Å². The van der Waals surface area contributed by atoms with Crippen molar-refractivity contribution in [3.05, 3.63) is 59.7 Å². The van der Waals surface area contributed by atoms with Crippen molar-refractivity contribution in [2.45, 2.75) is 6.54 Å². The first kappa shape index (κ1) is 22.6. The van der Waals surface area contributed by atoms with E-state index in [0.29, 0.717) is 6.54 Å². The number of anilines is 1. The van der Waals surface area contributed by atoms with Crippen molar-refractivity contribution >= 4 is 11.6 Å². The monoisotopic (exact) mass is 438 g/mol. The van der Waals surface area contributed by atoms with Gasteiger partial charge in [-0.25, -0.2) is 0 Å². The summed E-state index contributed by atoms with van der Waals surface area (Å²) in [5.74, 6) is 0.926. The fourth-order valence-electron chi connectivity index (χ4n) is 4.31. The molecule has 0 aromatic heterocycles. The lowest BCUT2D eigenvalue weighted by atomic mass is 10.1. The predicted molar refractivity (Wildman–Crippen MR) is 127 cm³/mol. The summed E-state index contributed by atoms with van der Waals surface area (Å²) in [5, 5.41) is 3.03. The van der Waals surface area contributed by atoms with Gasteiger partial charge in [-0.05, 0) is 29.8 Å². The number of ether oxygens (including phenoxy) is 2. The third kappa shape index (κ3) is 6.00. The molecule has 1 N–H and O–H groups in total. The maximum Gasteiger partial charge on any atom is 0.251 e. The van der Waals surface area contributed by atoms with Gasteiger partial charge in [0.1, 0.15) is 5.75 Å². The fraction of sp³-hybridized carbons (Fsp3) is 0.480. The van der Waals surface area contributed by atoms with Crippen LogP contribution in [0, 0.1) is 0 Å². The minimum atomic E-state index is -0.00441. The van der Waals surface area contributed by atoms with Crippen molar-refractivity contribution < 1.29 is 14.3 Å². The molecule has 0 radical (unpaired) electrons. The normalized spacial score (nSPS) is 17.8. The van der Waals surface area contributed by atoms with Crippen LogP contribution in [0.3, 0.4) is 0 Å². The molecule has 7 heteroatoms. The van der Waals surface area contributed by atoms with Crippen LogP contribution in [-0.4, -0.2) is 88.4 Å². The largest absolute Gasteiger partial charge is 0.495 e. The zero-order valence-corrected chi connectivity index (χ0v) is 19.0. The van der Waals surface area contributed by atoms with Crippen LogP contribution in [-0.2, 0) is 11.3 Å². The Morgan fingerprint density at radius 2 is 1.66 bits per heavy atom. The van der Waals surface area contributed by atoms with Gasteiger partial charge < -0.3 is 19.7 Å². The van der Waals surface area contributed by atoms with Crippen molar-refractivity contribution in [1.29, 1.82) is 0 Å². The number of carbonyl (C=O) groups is 1. The van der Waals surface area contributed by atoms with Crippen molar-refractivity contribution in [2.75, 3.05) is 77.6 Å². The second kappa shape index (κ2) is 11.3. The van der Waals surface area contributed by atoms with Crippen LogP contribution in [0.15, 0.2) is 48.5 Å². The molecule has 2 aliphatic rings. The molecule has 2 aromatic rings. The summed E-state index contributed by atoms with van der Waals surface area (Å²) < 4.78 is 10.9. The van der Waals surface area contributed by atoms with Crippen molar-refractivity contribution in [3.8, 4) is 5.75 Å². The number of nitrogens with zero attached hydrogens (tertiary/aromatic N) is 3. The number of amides is 1. The summed E-state index contributed by atoms with van der Waals surface area (Å²) in [6.45, 7) is 9.84. The standard InChI is InChI=1S/C25H34N4O3/c1-31-24-5-3-2-4-23(24)29-14-12-28(13-15-29)20-21-6-8-22(9-7-21)25(30)26-10-11-27-16-18-32-19-17-27/h2-9H,10-20H2,1H3,(H,26,30). The van der Waals surface area contributed by atoms with E-state index >= 15 is 0 Å². The van der Waals surface area contributed by atoms with Crippen LogP contribution < -0.4 is 15.0 Å². The number of rotatable bonds is 8. The first-order valence-electron chi connectivity index (χ1n) is 11.5. The number of para-hydroxylation sites is 2. The van der Waals surface area contributed by atoms with Gasteiger partial charge in [-0.2, -0.15) is 0 Å². The van der Waals surface area contributed by atoms with Gasteiger partial charge in [0.2, 0.25) is 0 Å². The smallest absolute Gasteiger partial charge is 0.251 e. The van der Waals surface area contributed by atoms with Gasteiger partial charge in [-0.3, -0.25) is 14.6 Å². The average Bonchev–Trinajstić information content (AvgIpc) is 2.85. The number of morpholine rings is 1. The highest BCUT2D eigenvalue weighted by Crippen LogP contribution is 2.28. The van der Waals surface area contributed by atoms with E-state index in [4.69, 9.17) is 9.47 Å². The van der Waals surface area contributed by atoms with Crippen LogP contribution in [0.5, 0.6) is 5.75 Å². The lowest BCUT2D eigenvalue weighted by Crippen LogP contribution is -2.46. The number of nitrogens with one attached hydrogen (secondary N) is 1. The molecule has 0 spiro atoms. The maximum atomic E-state index is 12.4. The Labute approximate surface area is 190 Å². The minimum Gasteiger partial charge on any atom is -0.495 e. The van der Waals surface area contributed by atoms with Crippen molar-refractivity contribution in [2.24, 2.45) is 0 Å². The molecule has 7 nitrogen and oxygen atoms in total. The molecule has 1 amide bonds. The molecule has 2 saturated heterocycles. The highest BCUT2D eigenvalue weighted by atomic mass is 16.5. The summed E-state index contributed by atoms with van der Waals surface area (Å²) >= 11 is 0. The lowest BCUT2D eigenvalue weighted by Gasteiger charge is -2.36. The van der Waals surface area contributed by atoms with E-state index in [1.165, 1.54) is 11.3 Å². The van der Waals surface area contributed by atoms with Crippen LogP contribution in [0.25, 0.3) is 0 Å². The molecule has 0 aliphatic carbocycles. The summed E-state index contributed by atoms with van der Waals surface area (Å²) in [5.41, 5.74) is 3.12. The van der Waals surface area contributed by atoms with E-state index in [1.807, 2.05) is 24.3 Å². The molecular weight excluding hydrogens is 404 g/mol. The topological polar surface area (TPSA) is 57.3 Å². The quantitative estimate of drug-likeness (QED) is 0.681. The van der Waals surface area contributed by atoms with Gasteiger partial charge in [0.05, 0.1) is 26.0 Å². The molecular formula is C25H34N4O3. The predicted octanol–water partition coefficient (Wildman–Crippen LogP) is 2.08. The Bertz CT molecular complexity index is 860. The molecule has 2 fully saturated rings. The van der Waals surface area contributed by atoms with Crippen LogP contribution in [0.2, 0.25) is 0 Å². The van der Waals surface area contributed by atoms with E-state index in [9.17, 15) is 4.79 Å². The van der Waals surface area contributed by atoms with Crippen LogP contribution >= 0.6 is 0 Å². The van der Waals surface area contributed by atoms with Gasteiger partial charge >= 0.3 is 0 Å². The zero-order valence-electron chi connectivity index (χ0n) is 19.0. The number of benzene rings is 2. The van der Waals surface area contributed by atoms with E-state index in [1.54, 1.807) is 7.11 Å². The van der Waals surface area contributed by atoms with Crippen molar-refractivity contribution in [1.82, 2.24) is 15.1 Å². The molecule has 172 valence electrons. The third-order valence-electron chi connectivity index (χ3n) is 6.24. The first-order valence-corrected chi connectivity index (χ1v) is 11.5. The molecule has 0 atom stereocenters. The summed E-state index contributed by atoms with van der Waals surface area (Å²) in [7, 11) is 1.73. The zero-order chi connectivity index (χ0) is 22.2. The first-order chi connectivity index (χ1) is 15.7. The number of hydrogen-bond donors (Lipinski definition) is 1. The average molecular weight is 439 g/mol. The Hall–Kier alpha value is -2.61. The molecule has 0 bridgehead atoms. The molecule has 0 unspecified atom stereocenters. The summed E-state index contributed by atoms with van der Waals surface area (Å²) in [6.07, 6.45) is 0. The Morgan fingerprint density at radius 3 is 2.38 bits per heavy atom. The molecule has 0 saturated carbocycles. The second-order valence-corrected chi connectivity index (χ2v) is 8.34. The van der Waals surface area contributed by atoms with Gasteiger partial charge in [-0.1, -0.05) is 24.3 Å².